The van der Waals surface area contributed by atoms with Crippen LogP contribution in [0.3, 0.4) is 0 Å². The first-order valence-electron chi connectivity index (χ1n) is 7.34. The van der Waals surface area contributed by atoms with E-state index in [2.05, 4.69) is 27.7 Å². The predicted octanol–water partition coefficient (Wildman–Crippen LogP) is 1.96. The lowest BCUT2D eigenvalue weighted by atomic mass is 9.48. The van der Waals surface area contributed by atoms with Crippen LogP contribution in [-0.2, 0) is 4.74 Å². The van der Waals surface area contributed by atoms with Crippen LogP contribution in [0.15, 0.2) is 0 Å². The van der Waals surface area contributed by atoms with E-state index >= 15 is 0 Å². The molecule has 7 atom stereocenters. The van der Waals surface area contributed by atoms with Crippen LogP contribution in [0, 0.1) is 23.2 Å². The van der Waals surface area contributed by atoms with Gasteiger partial charge in [0.1, 0.15) is 6.10 Å². The lowest BCUT2D eigenvalue weighted by Crippen LogP contribution is -2.61. The molecule has 3 fully saturated rings. The maximum atomic E-state index is 10.6. The zero-order chi connectivity index (χ0) is 13.3. The quantitative estimate of drug-likeness (QED) is 0.695. The molecule has 0 spiro atoms. The Morgan fingerprint density at radius 1 is 1.06 bits per heavy atom. The minimum Gasteiger partial charge on any atom is -0.390 e. The molecule has 2 bridgehead atoms. The zero-order valence-corrected chi connectivity index (χ0v) is 11.9. The van der Waals surface area contributed by atoms with E-state index in [1.807, 2.05) is 0 Å². The van der Waals surface area contributed by atoms with E-state index < -0.39 is 12.2 Å². The Kier molecular flexibility index (Phi) is 2.66. The first-order valence-corrected chi connectivity index (χ1v) is 7.34. The van der Waals surface area contributed by atoms with Crippen molar-refractivity contribution in [1.29, 1.82) is 0 Å². The van der Waals surface area contributed by atoms with Gasteiger partial charge in [0.15, 0.2) is 0 Å². The Bertz CT molecular complexity index is 354. The van der Waals surface area contributed by atoms with E-state index in [0.29, 0.717) is 5.92 Å². The van der Waals surface area contributed by atoms with E-state index in [1.165, 1.54) is 12.8 Å². The molecule has 3 aliphatic rings. The molecule has 0 amide bonds. The third-order valence-corrected chi connectivity index (χ3v) is 6.30. The van der Waals surface area contributed by atoms with Gasteiger partial charge in [0.2, 0.25) is 0 Å². The van der Waals surface area contributed by atoms with E-state index in [-0.39, 0.29) is 29.0 Å². The summed E-state index contributed by atoms with van der Waals surface area (Å²) in [5, 5.41) is 21.1. The van der Waals surface area contributed by atoms with Crippen LogP contribution in [0.25, 0.3) is 0 Å². The molecular weight excluding hydrogens is 228 g/mol. The summed E-state index contributed by atoms with van der Waals surface area (Å²) in [4.78, 5) is 0. The molecule has 2 N–H and O–H groups in total. The Labute approximate surface area is 110 Å². The Morgan fingerprint density at radius 2 is 1.72 bits per heavy atom. The molecule has 1 aliphatic heterocycles. The third-order valence-electron chi connectivity index (χ3n) is 6.30. The molecule has 0 aromatic heterocycles. The van der Waals surface area contributed by atoms with Crippen LogP contribution in [0.4, 0.5) is 0 Å². The van der Waals surface area contributed by atoms with Gasteiger partial charge in [-0.05, 0) is 37.5 Å². The highest BCUT2D eigenvalue weighted by molar-refractivity contribution is 5.15. The number of hydrogen-bond acceptors (Lipinski definition) is 3. The van der Waals surface area contributed by atoms with E-state index in [0.717, 1.165) is 6.42 Å². The summed E-state index contributed by atoms with van der Waals surface area (Å²) in [5.74, 6) is 0.951. The highest BCUT2D eigenvalue weighted by Gasteiger charge is 2.68. The van der Waals surface area contributed by atoms with Crippen LogP contribution in [0.1, 0.15) is 47.0 Å². The summed E-state index contributed by atoms with van der Waals surface area (Å²) < 4.78 is 6.00. The molecule has 2 aliphatic carbocycles. The van der Waals surface area contributed by atoms with Crippen molar-refractivity contribution >= 4 is 0 Å². The summed E-state index contributed by atoms with van der Waals surface area (Å²) in [7, 11) is 0. The van der Waals surface area contributed by atoms with Crippen LogP contribution in [0.5, 0.6) is 0 Å². The molecule has 3 nitrogen and oxygen atoms in total. The topological polar surface area (TPSA) is 49.7 Å². The zero-order valence-electron chi connectivity index (χ0n) is 11.9. The fourth-order valence-corrected chi connectivity index (χ4v) is 5.42. The molecule has 3 rings (SSSR count). The maximum absolute atomic E-state index is 10.6. The van der Waals surface area contributed by atoms with Crippen LogP contribution in [-0.4, -0.2) is 34.1 Å². The average Bonchev–Trinajstić information content (AvgIpc) is 2.47. The Morgan fingerprint density at radius 3 is 2.39 bits per heavy atom. The molecule has 7 unspecified atom stereocenters. The fraction of sp³-hybridized carbons (Fsp3) is 1.00. The van der Waals surface area contributed by atoms with Gasteiger partial charge >= 0.3 is 0 Å². The SMILES string of the molecule is CC1CCCC2C(O)C3OC(C)(C)C(C3O)C12C. The van der Waals surface area contributed by atoms with Gasteiger partial charge in [-0.3, -0.25) is 0 Å². The maximum Gasteiger partial charge on any atom is 0.111 e. The predicted molar refractivity (Wildman–Crippen MR) is 69.1 cm³/mol. The summed E-state index contributed by atoms with van der Waals surface area (Å²) >= 11 is 0. The normalized spacial score (nSPS) is 58.3. The van der Waals surface area contributed by atoms with Crippen molar-refractivity contribution in [2.45, 2.75) is 70.9 Å². The second kappa shape index (κ2) is 3.71. The number of aliphatic hydroxyl groups excluding tert-OH is 2. The molecule has 0 aromatic rings. The lowest BCUT2D eigenvalue weighted by molar-refractivity contribution is -0.162. The monoisotopic (exact) mass is 254 g/mol. The van der Waals surface area contributed by atoms with Crippen LogP contribution in [0.2, 0.25) is 0 Å². The number of fused-ring (bicyclic) bond motifs is 4. The minimum atomic E-state index is -0.517. The Hall–Kier alpha value is -0.120. The highest BCUT2D eigenvalue weighted by atomic mass is 16.5. The van der Waals surface area contributed by atoms with Crippen molar-refractivity contribution in [3.8, 4) is 0 Å². The largest absolute Gasteiger partial charge is 0.390 e. The number of ether oxygens (including phenoxy) is 1. The first kappa shape index (κ1) is 12.9. The van der Waals surface area contributed by atoms with Gasteiger partial charge in [0, 0.05) is 5.92 Å². The van der Waals surface area contributed by atoms with Crippen molar-refractivity contribution in [3.63, 3.8) is 0 Å². The van der Waals surface area contributed by atoms with Gasteiger partial charge in [-0.25, -0.2) is 0 Å². The molecule has 0 radical (unpaired) electrons. The van der Waals surface area contributed by atoms with Crippen molar-refractivity contribution < 1.29 is 14.9 Å². The summed E-state index contributed by atoms with van der Waals surface area (Å²) in [6.45, 7) is 8.69. The summed E-state index contributed by atoms with van der Waals surface area (Å²) in [6.07, 6.45) is 2.05. The number of aliphatic hydroxyl groups is 2. The molecule has 18 heavy (non-hydrogen) atoms. The minimum absolute atomic E-state index is 0.00637. The van der Waals surface area contributed by atoms with Gasteiger partial charge in [-0.2, -0.15) is 0 Å². The van der Waals surface area contributed by atoms with Gasteiger partial charge < -0.3 is 14.9 Å². The van der Waals surface area contributed by atoms with Crippen molar-refractivity contribution in [3.05, 3.63) is 0 Å². The second-order valence-electron chi connectivity index (χ2n) is 7.45. The number of rotatable bonds is 0. The van der Waals surface area contributed by atoms with Gasteiger partial charge in [-0.1, -0.05) is 26.7 Å². The van der Waals surface area contributed by atoms with Crippen molar-refractivity contribution in [2.24, 2.45) is 23.2 Å². The van der Waals surface area contributed by atoms with E-state index in [4.69, 9.17) is 4.74 Å². The van der Waals surface area contributed by atoms with E-state index in [9.17, 15) is 10.2 Å². The fourth-order valence-electron chi connectivity index (χ4n) is 5.42. The molecule has 0 aromatic carbocycles. The van der Waals surface area contributed by atoms with Crippen molar-refractivity contribution in [2.75, 3.05) is 0 Å². The highest BCUT2D eigenvalue weighted by Crippen LogP contribution is 2.63. The molecular formula is C15H26O3. The molecule has 1 heterocycles. The van der Waals surface area contributed by atoms with Crippen LogP contribution >= 0.6 is 0 Å². The smallest absolute Gasteiger partial charge is 0.111 e. The Balaban J connectivity index is 2.10. The number of hydrogen-bond donors (Lipinski definition) is 2. The van der Waals surface area contributed by atoms with E-state index in [1.54, 1.807) is 0 Å². The standard InChI is InChI=1S/C15H26O3/c1-8-6-5-7-9-10(16)12-11(17)13(15(8,9)4)14(2,3)18-12/h8-13,16-17H,5-7H2,1-4H3. The third kappa shape index (κ3) is 1.36. The first-order chi connectivity index (χ1) is 8.30. The summed E-state index contributed by atoms with van der Waals surface area (Å²) in [6, 6.07) is 0. The lowest BCUT2D eigenvalue weighted by Gasteiger charge is -2.57. The molecule has 1 saturated heterocycles. The summed E-state index contributed by atoms with van der Waals surface area (Å²) in [5.41, 5.74) is -0.340. The molecule has 2 saturated carbocycles. The van der Waals surface area contributed by atoms with Gasteiger partial charge in [0.05, 0.1) is 17.8 Å². The molecule has 104 valence electrons. The molecule has 3 heteroatoms. The van der Waals surface area contributed by atoms with Crippen LogP contribution < -0.4 is 0 Å². The van der Waals surface area contributed by atoms with Gasteiger partial charge in [0.25, 0.3) is 0 Å². The second-order valence-corrected chi connectivity index (χ2v) is 7.45. The van der Waals surface area contributed by atoms with Crippen molar-refractivity contribution in [1.82, 2.24) is 0 Å². The van der Waals surface area contributed by atoms with Gasteiger partial charge in [-0.15, -0.1) is 0 Å². The average molecular weight is 254 g/mol.